The molecule has 0 saturated carbocycles. The number of halogens is 1. The number of nitrogens with one attached hydrogen (secondary N) is 1. The number of nitrogens with zero attached hydrogens (tertiary/aromatic N) is 3. The molecule has 198 valence electrons. The van der Waals surface area contributed by atoms with Crippen LogP contribution in [0.2, 0.25) is 0 Å². The van der Waals surface area contributed by atoms with Crippen LogP contribution in [0.25, 0.3) is 0 Å². The lowest BCUT2D eigenvalue weighted by Gasteiger charge is -2.34. The maximum atomic E-state index is 13.1. The van der Waals surface area contributed by atoms with Crippen LogP contribution < -0.4 is 11.1 Å². The van der Waals surface area contributed by atoms with E-state index in [4.69, 9.17) is 5.73 Å². The van der Waals surface area contributed by atoms with Crippen LogP contribution in [-0.4, -0.2) is 66.0 Å². The van der Waals surface area contributed by atoms with Crippen molar-refractivity contribution in [3.05, 3.63) is 65.7 Å². The number of hydrogen-bond donors (Lipinski definition) is 2. The van der Waals surface area contributed by atoms with Crippen LogP contribution in [0.3, 0.4) is 0 Å². The second kappa shape index (κ2) is 16.4. The molecule has 1 atom stereocenters. The Morgan fingerprint density at radius 3 is 2.22 bits per heavy atom. The van der Waals surface area contributed by atoms with Crippen LogP contribution in [0.1, 0.15) is 73.7 Å². The van der Waals surface area contributed by atoms with Crippen molar-refractivity contribution in [2.75, 3.05) is 39.3 Å². The topological polar surface area (TPSA) is 74.5 Å². The Hall–Kier alpha value is -2.35. The van der Waals surface area contributed by atoms with Gasteiger partial charge in [0.15, 0.2) is 0 Å². The Kier molecular flexibility index (Phi) is 12.9. The maximum absolute atomic E-state index is 13.1. The first-order valence-corrected chi connectivity index (χ1v) is 13.7. The molecule has 1 saturated heterocycles. The molecule has 1 fully saturated rings. The number of unbranched alkanes of at least 4 members (excludes halogenated alkanes) is 7. The highest BCUT2D eigenvalue weighted by molar-refractivity contribution is 5.93. The minimum atomic E-state index is -0.162. The van der Waals surface area contributed by atoms with Crippen molar-refractivity contribution in [2.45, 2.75) is 70.4 Å². The first kappa shape index (κ1) is 28.2. The fraction of sp³-hybridized carbons (Fsp3) is 0.586. The largest absolute Gasteiger partial charge is 0.350 e. The molecule has 1 aliphatic rings. The predicted molar refractivity (Wildman–Crippen MR) is 144 cm³/mol. The van der Waals surface area contributed by atoms with E-state index in [2.05, 4.69) is 20.1 Å². The number of benzene rings is 1. The van der Waals surface area contributed by atoms with Crippen molar-refractivity contribution in [3.8, 4) is 0 Å². The Bertz CT molecular complexity index is 856. The molecular weight excluding hydrogens is 453 g/mol. The summed E-state index contributed by atoms with van der Waals surface area (Å²) in [6.07, 6.45) is 14.3. The quantitative estimate of drug-likeness (QED) is 0.332. The van der Waals surface area contributed by atoms with Crippen LogP contribution >= 0.6 is 0 Å². The molecule has 1 aromatic heterocycles. The molecule has 3 rings (SSSR count). The minimum Gasteiger partial charge on any atom is -0.350 e. The highest BCUT2D eigenvalue weighted by Crippen LogP contribution is 2.13. The third-order valence-corrected chi connectivity index (χ3v) is 7.03. The van der Waals surface area contributed by atoms with Crippen LogP contribution in [0, 0.1) is 5.82 Å². The van der Waals surface area contributed by atoms with Crippen molar-refractivity contribution in [1.29, 1.82) is 0 Å². The van der Waals surface area contributed by atoms with Crippen LogP contribution in [0.15, 0.2) is 48.8 Å². The van der Waals surface area contributed by atoms with Crippen molar-refractivity contribution in [3.63, 3.8) is 0 Å². The summed E-state index contributed by atoms with van der Waals surface area (Å²) in [5.41, 5.74) is 7.92. The van der Waals surface area contributed by atoms with Crippen molar-refractivity contribution in [2.24, 2.45) is 5.73 Å². The fourth-order valence-corrected chi connectivity index (χ4v) is 4.75. The van der Waals surface area contributed by atoms with Crippen molar-refractivity contribution in [1.82, 2.24) is 20.1 Å². The molecule has 1 unspecified atom stereocenters. The molecular formula is C29H44FN5O. The number of carbonyl (C=O) groups excluding carboxylic acids is 1. The summed E-state index contributed by atoms with van der Waals surface area (Å²) < 4.78 is 13.1. The van der Waals surface area contributed by atoms with E-state index in [1.165, 1.54) is 57.1 Å². The monoisotopic (exact) mass is 497 g/mol. The highest BCUT2D eigenvalue weighted by atomic mass is 19.1. The van der Waals surface area contributed by atoms with Crippen LogP contribution in [-0.2, 0) is 6.54 Å². The second-order valence-corrected chi connectivity index (χ2v) is 10.1. The second-order valence-electron chi connectivity index (χ2n) is 10.1. The normalized spacial score (nSPS) is 15.6. The van der Waals surface area contributed by atoms with Gasteiger partial charge in [0.1, 0.15) is 5.82 Å². The average Bonchev–Trinajstić information content (AvgIpc) is 2.91. The summed E-state index contributed by atoms with van der Waals surface area (Å²) in [6.45, 7) is 7.10. The van der Waals surface area contributed by atoms with Gasteiger partial charge in [-0.2, -0.15) is 0 Å². The molecule has 6 nitrogen and oxygen atoms in total. The molecule has 0 spiro atoms. The van der Waals surface area contributed by atoms with E-state index in [0.717, 1.165) is 45.6 Å². The number of piperazine rings is 1. The molecule has 0 radical (unpaired) electrons. The van der Waals surface area contributed by atoms with Gasteiger partial charge in [0.05, 0.1) is 5.56 Å². The highest BCUT2D eigenvalue weighted by Gasteiger charge is 2.16. The third kappa shape index (κ3) is 11.1. The van der Waals surface area contributed by atoms with Gasteiger partial charge in [-0.15, -0.1) is 0 Å². The van der Waals surface area contributed by atoms with E-state index in [0.29, 0.717) is 12.1 Å². The molecule has 36 heavy (non-hydrogen) atoms. The average molecular weight is 498 g/mol. The Morgan fingerprint density at radius 1 is 0.917 bits per heavy atom. The van der Waals surface area contributed by atoms with E-state index in [9.17, 15) is 9.18 Å². The van der Waals surface area contributed by atoms with Gasteiger partial charge in [-0.25, -0.2) is 4.39 Å². The van der Waals surface area contributed by atoms with E-state index < -0.39 is 0 Å². The van der Waals surface area contributed by atoms with Gasteiger partial charge in [-0.05, 0) is 49.2 Å². The standard InChI is InChI=1S/C29H44FN5O/c30-27-14-12-25(13-15-27)24-35-20-18-34(19-21-35)17-8-6-4-2-1-3-5-7-11-28(31)23-33-29(36)26-10-9-16-32-22-26/h9-10,12-16,22,28H,1-8,11,17-21,23-24,31H2,(H,33,36). The molecule has 2 heterocycles. The van der Waals surface area contributed by atoms with Gasteiger partial charge in [-0.3, -0.25) is 14.7 Å². The first-order valence-electron chi connectivity index (χ1n) is 13.7. The van der Waals surface area contributed by atoms with Gasteiger partial charge in [0.2, 0.25) is 0 Å². The molecule has 2 aromatic rings. The number of hydrogen-bond acceptors (Lipinski definition) is 5. The Morgan fingerprint density at radius 2 is 1.56 bits per heavy atom. The zero-order valence-corrected chi connectivity index (χ0v) is 21.7. The summed E-state index contributed by atoms with van der Waals surface area (Å²) in [6, 6.07) is 10.4. The van der Waals surface area contributed by atoms with E-state index >= 15 is 0 Å². The molecule has 1 aromatic carbocycles. The lowest BCUT2D eigenvalue weighted by molar-refractivity contribution is 0.0950. The van der Waals surface area contributed by atoms with Crippen LogP contribution in [0.4, 0.5) is 4.39 Å². The summed E-state index contributed by atoms with van der Waals surface area (Å²) in [5.74, 6) is -0.271. The first-order chi connectivity index (χ1) is 17.6. The third-order valence-electron chi connectivity index (χ3n) is 7.03. The lowest BCUT2D eigenvalue weighted by Crippen LogP contribution is -2.46. The van der Waals surface area contributed by atoms with Gasteiger partial charge < -0.3 is 16.0 Å². The van der Waals surface area contributed by atoms with E-state index in [1.54, 1.807) is 36.7 Å². The number of carbonyl (C=O) groups is 1. The Balaban J connectivity index is 1.09. The molecule has 1 aliphatic heterocycles. The maximum Gasteiger partial charge on any atom is 0.252 e. The predicted octanol–water partition coefficient (Wildman–Crippen LogP) is 4.61. The van der Waals surface area contributed by atoms with Crippen molar-refractivity contribution < 1.29 is 9.18 Å². The number of aromatic nitrogens is 1. The van der Waals surface area contributed by atoms with E-state index in [1.807, 2.05) is 12.1 Å². The number of pyridine rings is 1. The SMILES string of the molecule is NC(CCCCCCCCCCN1CCN(Cc2ccc(F)cc2)CC1)CNC(=O)c1cccnc1. The summed E-state index contributed by atoms with van der Waals surface area (Å²) in [4.78, 5) is 21.0. The van der Waals surface area contributed by atoms with Crippen molar-refractivity contribution >= 4 is 5.91 Å². The molecule has 7 heteroatoms. The zero-order chi connectivity index (χ0) is 25.4. The molecule has 1 amide bonds. The Labute approximate surface area is 216 Å². The molecule has 0 aliphatic carbocycles. The fourth-order valence-electron chi connectivity index (χ4n) is 4.75. The molecule has 3 N–H and O–H groups in total. The van der Waals surface area contributed by atoms with Gasteiger partial charge in [0, 0.05) is 57.7 Å². The smallest absolute Gasteiger partial charge is 0.252 e. The van der Waals surface area contributed by atoms with Gasteiger partial charge in [-0.1, -0.05) is 57.1 Å². The van der Waals surface area contributed by atoms with Gasteiger partial charge >= 0.3 is 0 Å². The van der Waals surface area contributed by atoms with Crippen LogP contribution in [0.5, 0.6) is 0 Å². The minimum absolute atomic E-state index is 0.00963. The summed E-state index contributed by atoms with van der Waals surface area (Å²) in [7, 11) is 0. The van der Waals surface area contributed by atoms with Gasteiger partial charge in [0.25, 0.3) is 5.91 Å². The molecule has 0 bridgehead atoms. The zero-order valence-electron chi connectivity index (χ0n) is 21.7. The number of rotatable bonds is 16. The number of nitrogens with two attached hydrogens (primary N) is 1. The lowest BCUT2D eigenvalue weighted by atomic mass is 10.0. The summed E-state index contributed by atoms with van der Waals surface area (Å²) >= 11 is 0. The number of amides is 1. The van der Waals surface area contributed by atoms with E-state index in [-0.39, 0.29) is 17.8 Å². The summed E-state index contributed by atoms with van der Waals surface area (Å²) in [5, 5.41) is 2.90.